The van der Waals surface area contributed by atoms with Crippen LogP contribution >= 0.6 is 0 Å². The average molecular weight is 121 g/mol. The van der Waals surface area contributed by atoms with Gasteiger partial charge in [-0.1, -0.05) is 0 Å². The molecule has 0 unspecified atom stereocenters. The van der Waals surface area contributed by atoms with Crippen LogP contribution in [0.25, 0.3) is 0 Å². The molecule has 0 rings (SSSR count). The van der Waals surface area contributed by atoms with E-state index in [1.54, 1.807) is 14.1 Å². The maximum absolute atomic E-state index is 7.35. The molecular weight excluding hydrogens is 107 g/mol. The highest BCUT2D eigenvalue weighted by Gasteiger charge is 2.04. The lowest BCUT2D eigenvalue weighted by atomic mass is 11.1. The summed E-state index contributed by atoms with van der Waals surface area (Å²) >= 11 is 0. The van der Waals surface area contributed by atoms with Gasteiger partial charge in [-0.2, -0.15) is 0 Å². The molecule has 0 aromatic carbocycles. The van der Waals surface area contributed by atoms with Crippen LogP contribution < -0.4 is 0 Å². The van der Waals surface area contributed by atoms with Gasteiger partial charge >= 0.3 is 0 Å². The first-order valence-electron chi connectivity index (χ1n) is 2.84. The van der Waals surface area contributed by atoms with Crippen LogP contribution in [0.1, 0.15) is 1.37 Å². The molecule has 0 fully saturated rings. The monoisotopic (exact) mass is 121 g/mol. The molecule has 3 nitrogen and oxygen atoms in total. The van der Waals surface area contributed by atoms with Gasteiger partial charge in [0.25, 0.3) is 0 Å². The van der Waals surface area contributed by atoms with E-state index < -0.39 is 6.39 Å². The van der Waals surface area contributed by atoms with Crippen molar-refractivity contribution in [1.29, 1.82) is 0 Å². The molecule has 0 aromatic heterocycles. The second-order valence-electron chi connectivity index (χ2n) is 1.57. The number of hydrogen-bond acceptors (Lipinski definition) is 3. The fourth-order valence-electron chi connectivity index (χ4n) is 0.448. The quantitative estimate of drug-likeness (QED) is 0.391. The van der Waals surface area contributed by atoms with Crippen LogP contribution in [0.5, 0.6) is 0 Å². The van der Waals surface area contributed by atoms with Gasteiger partial charge in [0.05, 0.1) is 0 Å². The van der Waals surface area contributed by atoms with Crippen molar-refractivity contribution in [3.05, 3.63) is 0 Å². The van der Waals surface area contributed by atoms with Gasteiger partial charge in [-0.15, -0.1) is 0 Å². The van der Waals surface area contributed by atoms with E-state index >= 15 is 0 Å². The van der Waals surface area contributed by atoms with Crippen molar-refractivity contribution in [3.8, 4) is 0 Å². The Morgan fingerprint density at radius 1 is 1.38 bits per heavy atom. The molecule has 0 bridgehead atoms. The van der Waals surface area contributed by atoms with E-state index in [2.05, 4.69) is 0 Å². The number of hydrogen-bond donors (Lipinski definition) is 0. The van der Waals surface area contributed by atoms with E-state index in [1.165, 1.54) is 19.1 Å². The van der Waals surface area contributed by atoms with Gasteiger partial charge in [-0.25, -0.2) is 0 Å². The van der Waals surface area contributed by atoms with Crippen LogP contribution in [0, 0.1) is 0 Å². The maximum atomic E-state index is 7.35. The number of nitrogens with zero attached hydrogens (tertiary/aromatic N) is 1. The Hall–Kier alpha value is -0.120. The summed E-state index contributed by atoms with van der Waals surface area (Å²) in [6.45, 7) is 0. The summed E-state index contributed by atoms with van der Waals surface area (Å²) in [5.74, 6) is 0. The zero-order chi connectivity index (χ0) is 7.49. The normalized spacial score (nSPS) is 14.4. The predicted octanol–water partition coefficient (Wildman–Crippen LogP) is 0.124. The summed E-state index contributed by atoms with van der Waals surface area (Å²) in [5.41, 5.74) is 0. The topological polar surface area (TPSA) is 21.7 Å². The second kappa shape index (κ2) is 3.83. The standard InChI is InChI=1S/C5H13NO2/c1-6(2)5(7-3)8-4/h5H,1-4H3/i5+1D. The van der Waals surface area contributed by atoms with Gasteiger partial charge in [0.15, 0.2) is 0 Å². The van der Waals surface area contributed by atoms with Gasteiger partial charge in [-0.3, -0.25) is 4.90 Å². The van der Waals surface area contributed by atoms with Gasteiger partial charge in [0, 0.05) is 14.2 Å². The van der Waals surface area contributed by atoms with Crippen molar-refractivity contribution < 1.29 is 10.8 Å². The molecule has 0 N–H and O–H groups in total. The molecule has 0 amide bonds. The smallest absolute Gasteiger partial charge is 0.217 e. The van der Waals surface area contributed by atoms with Gasteiger partial charge in [0.1, 0.15) is 1.37 Å². The molecule has 3 heteroatoms. The highest BCUT2D eigenvalue weighted by Crippen LogP contribution is 1.91. The fraction of sp³-hybridized carbons (Fsp3) is 1.00. The predicted molar refractivity (Wildman–Crippen MR) is 31.5 cm³/mol. The lowest BCUT2D eigenvalue weighted by molar-refractivity contribution is -0.179. The molecule has 0 saturated heterocycles. The van der Waals surface area contributed by atoms with Crippen LogP contribution in [0.2, 0.25) is 0 Å². The summed E-state index contributed by atoms with van der Waals surface area (Å²) < 4.78 is 16.8. The third kappa shape index (κ3) is 2.26. The van der Waals surface area contributed by atoms with Crippen LogP contribution in [-0.2, 0) is 9.47 Å². The molecule has 0 aliphatic heterocycles. The molecule has 8 heavy (non-hydrogen) atoms. The zero-order valence-corrected chi connectivity index (χ0v) is 5.76. The molecule has 0 spiro atoms. The minimum absolute atomic E-state index is 1.33. The van der Waals surface area contributed by atoms with E-state index in [-0.39, 0.29) is 0 Å². The molecule has 0 aliphatic carbocycles. The summed E-state index contributed by atoms with van der Waals surface area (Å²) in [6.07, 6.45) is -1.33. The second-order valence-corrected chi connectivity index (χ2v) is 1.57. The minimum Gasteiger partial charge on any atom is -0.343 e. The summed E-state index contributed by atoms with van der Waals surface area (Å²) in [6, 6.07) is 0. The Bertz CT molecular complexity index is 83.0. The Balaban J connectivity index is 3.92. The molecule has 0 radical (unpaired) electrons. The summed E-state index contributed by atoms with van der Waals surface area (Å²) in [4.78, 5) is 1.52. The molecular formula is C5H13NO2. The Labute approximate surface area is 51.6 Å². The minimum atomic E-state index is -1.33. The third-order valence-corrected chi connectivity index (χ3v) is 0.714. The van der Waals surface area contributed by atoms with Crippen molar-refractivity contribution in [2.45, 2.75) is 6.39 Å². The Morgan fingerprint density at radius 2 is 1.75 bits per heavy atom. The lowest BCUT2D eigenvalue weighted by Crippen LogP contribution is -2.30. The van der Waals surface area contributed by atoms with Crippen LogP contribution in [0.15, 0.2) is 0 Å². The molecule has 0 aliphatic rings. The molecule has 0 atom stereocenters. The van der Waals surface area contributed by atoms with E-state index in [4.69, 9.17) is 10.8 Å². The molecule has 0 aromatic rings. The van der Waals surface area contributed by atoms with E-state index in [0.717, 1.165) is 0 Å². The van der Waals surface area contributed by atoms with Crippen molar-refractivity contribution >= 4 is 0 Å². The lowest BCUT2D eigenvalue weighted by Gasteiger charge is -2.19. The number of methoxy groups -OCH3 is 2. The summed E-state index contributed by atoms with van der Waals surface area (Å²) in [7, 11) is 6.27. The number of rotatable bonds is 3. The Kier molecular flexibility index (Phi) is 2.88. The first kappa shape index (κ1) is 6.01. The first-order chi connectivity index (χ1) is 4.06. The molecule has 50 valence electrons. The SMILES string of the molecule is [2H][13C](OC)(OC)N(C)C. The fourth-order valence-corrected chi connectivity index (χ4v) is 0.448. The van der Waals surface area contributed by atoms with Gasteiger partial charge < -0.3 is 9.47 Å². The van der Waals surface area contributed by atoms with Gasteiger partial charge in [0.2, 0.25) is 6.39 Å². The van der Waals surface area contributed by atoms with E-state index in [9.17, 15) is 0 Å². The van der Waals surface area contributed by atoms with E-state index in [0.29, 0.717) is 0 Å². The van der Waals surface area contributed by atoms with Crippen molar-refractivity contribution in [3.63, 3.8) is 0 Å². The third-order valence-electron chi connectivity index (χ3n) is 0.714. The largest absolute Gasteiger partial charge is 0.343 e. The van der Waals surface area contributed by atoms with Gasteiger partial charge in [-0.05, 0) is 14.1 Å². The molecule has 0 saturated carbocycles. The highest BCUT2D eigenvalue weighted by molar-refractivity contribution is 4.33. The van der Waals surface area contributed by atoms with Crippen LogP contribution in [0.3, 0.4) is 0 Å². The highest BCUT2D eigenvalue weighted by atomic mass is 16.8. The van der Waals surface area contributed by atoms with Crippen molar-refractivity contribution in [1.82, 2.24) is 4.90 Å². The van der Waals surface area contributed by atoms with Crippen molar-refractivity contribution in [2.75, 3.05) is 28.3 Å². The van der Waals surface area contributed by atoms with Crippen LogP contribution in [0.4, 0.5) is 0 Å². The van der Waals surface area contributed by atoms with E-state index in [1.807, 2.05) is 0 Å². The maximum Gasteiger partial charge on any atom is 0.217 e. The molecule has 0 heterocycles. The first-order valence-corrected chi connectivity index (χ1v) is 2.34. The summed E-state index contributed by atoms with van der Waals surface area (Å²) in [5, 5.41) is 0. The zero-order valence-electron chi connectivity index (χ0n) is 6.76. The number of ether oxygens (including phenoxy) is 2. The van der Waals surface area contributed by atoms with Crippen LogP contribution in [-0.4, -0.2) is 39.6 Å². The average Bonchev–Trinajstić information content (AvgIpc) is 1.86. The van der Waals surface area contributed by atoms with Crippen molar-refractivity contribution in [2.24, 2.45) is 0 Å². The Morgan fingerprint density at radius 3 is 1.75 bits per heavy atom.